The molecule has 1 heterocycles. The zero-order valence-electron chi connectivity index (χ0n) is 11.2. The van der Waals surface area contributed by atoms with Gasteiger partial charge in [-0.05, 0) is 24.6 Å². The van der Waals surface area contributed by atoms with Crippen LogP contribution in [0.3, 0.4) is 0 Å². The Morgan fingerprint density at radius 1 is 1.42 bits per heavy atom. The molecule has 5 heteroatoms. The van der Waals surface area contributed by atoms with Crippen LogP contribution in [-0.4, -0.2) is 25.0 Å². The summed E-state index contributed by atoms with van der Waals surface area (Å²) in [5.74, 6) is -0.519. The summed E-state index contributed by atoms with van der Waals surface area (Å²) in [6, 6.07) is 6.78. The third-order valence-electron chi connectivity index (χ3n) is 3.53. The zero-order valence-corrected chi connectivity index (χ0v) is 11.2. The van der Waals surface area contributed by atoms with Crippen LogP contribution in [0, 0.1) is 5.41 Å². The van der Waals surface area contributed by atoms with Gasteiger partial charge in [0.05, 0.1) is 24.3 Å². The molecule has 19 heavy (non-hydrogen) atoms. The summed E-state index contributed by atoms with van der Waals surface area (Å²) < 4.78 is 5.16. The lowest BCUT2D eigenvalue weighted by atomic mass is 9.81. The van der Waals surface area contributed by atoms with Crippen LogP contribution < -0.4 is 10.6 Å². The third-order valence-corrected chi connectivity index (χ3v) is 3.53. The van der Waals surface area contributed by atoms with Crippen LogP contribution in [0.1, 0.15) is 20.3 Å². The minimum Gasteiger partial charge on any atom is -0.399 e. The quantitative estimate of drug-likeness (QED) is 0.839. The van der Waals surface area contributed by atoms with Gasteiger partial charge >= 0.3 is 0 Å². The van der Waals surface area contributed by atoms with Crippen LogP contribution >= 0.6 is 0 Å². The lowest BCUT2D eigenvalue weighted by Crippen LogP contribution is -2.56. The van der Waals surface area contributed by atoms with Gasteiger partial charge in [0, 0.05) is 12.6 Å². The molecule has 1 aliphatic heterocycles. The summed E-state index contributed by atoms with van der Waals surface area (Å²) in [6.07, 6.45) is 0.651. The minimum atomic E-state index is -0.573. The average Bonchev–Trinajstić information content (AvgIpc) is 2.28. The summed E-state index contributed by atoms with van der Waals surface area (Å²) >= 11 is 0. The fourth-order valence-electron chi connectivity index (χ4n) is 2.17. The van der Waals surface area contributed by atoms with E-state index >= 15 is 0 Å². The molecule has 0 aromatic heterocycles. The smallest absolute Gasteiger partial charge is 0.244 e. The van der Waals surface area contributed by atoms with E-state index in [1.54, 1.807) is 24.3 Å². The molecule has 102 valence electrons. The monoisotopic (exact) mass is 262 g/mol. The molecule has 1 saturated heterocycles. The summed E-state index contributed by atoms with van der Waals surface area (Å²) in [7, 11) is 0. The molecule has 2 amide bonds. The minimum absolute atomic E-state index is 0.209. The van der Waals surface area contributed by atoms with Crippen molar-refractivity contribution in [1.29, 1.82) is 0 Å². The lowest BCUT2D eigenvalue weighted by Gasteiger charge is -2.41. The van der Waals surface area contributed by atoms with E-state index in [1.165, 1.54) is 11.8 Å². The first-order chi connectivity index (χ1) is 9.00. The maximum Gasteiger partial charge on any atom is 0.244 e. The highest BCUT2D eigenvalue weighted by Gasteiger charge is 2.47. The molecule has 0 unspecified atom stereocenters. The molecule has 5 nitrogen and oxygen atoms in total. The summed E-state index contributed by atoms with van der Waals surface area (Å²) in [5.41, 5.74) is 6.17. The van der Waals surface area contributed by atoms with Crippen molar-refractivity contribution in [1.82, 2.24) is 0 Å². The fraction of sp³-hybridized carbons (Fsp3) is 0.429. The number of anilines is 2. The molecule has 0 bridgehead atoms. The first-order valence-electron chi connectivity index (χ1n) is 6.28. The molecule has 1 fully saturated rings. The molecule has 1 aromatic carbocycles. The van der Waals surface area contributed by atoms with Gasteiger partial charge in [-0.1, -0.05) is 13.0 Å². The highest BCUT2D eigenvalue weighted by molar-refractivity contribution is 6.16. The van der Waals surface area contributed by atoms with Crippen LogP contribution in [0.5, 0.6) is 0 Å². The Kier molecular flexibility index (Phi) is 3.57. The summed E-state index contributed by atoms with van der Waals surface area (Å²) in [6.45, 7) is 4.05. The Bertz CT molecular complexity index is 504. The van der Waals surface area contributed by atoms with Crippen molar-refractivity contribution in [3.63, 3.8) is 0 Å². The molecule has 0 atom stereocenters. The second-order valence-electron chi connectivity index (χ2n) is 4.88. The van der Waals surface area contributed by atoms with Crippen molar-refractivity contribution >= 4 is 23.2 Å². The number of hydrogen-bond donors (Lipinski definition) is 1. The second kappa shape index (κ2) is 5.01. The van der Waals surface area contributed by atoms with E-state index < -0.39 is 5.41 Å². The predicted molar refractivity (Wildman–Crippen MR) is 72.6 cm³/mol. The predicted octanol–water partition coefficient (Wildman–Crippen LogP) is 1.57. The summed E-state index contributed by atoms with van der Waals surface area (Å²) in [5, 5.41) is 0. The number of carbonyl (C=O) groups is 2. The van der Waals surface area contributed by atoms with Crippen molar-refractivity contribution in [2.45, 2.75) is 20.3 Å². The van der Waals surface area contributed by atoms with Crippen LogP contribution in [0.15, 0.2) is 24.3 Å². The number of carbonyl (C=O) groups excluding carboxylic acids is 2. The van der Waals surface area contributed by atoms with Gasteiger partial charge in [-0.2, -0.15) is 0 Å². The normalized spacial score (nSPS) is 16.5. The van der Waals surface area contributed by atoms with Crippen LogP contribution in [0.25, 0.3) is 0 Å². The number of nitrogens with two attached hydrogens (primary N) is 1. The van der Waals surface area contributed by atoms with Crippen molar-refractivity contribution in [3.8, 4) is 0 Å². The van der Waals surface area contributed by atoms with E-state index in [-0.39, 0.29) is 11.8 Å². The molecular weight excluding hydrogens is 244 g/mol. The average molecular weight is 262 g/mol. The van der Waals surface area contributed by atoms with E-state index in [9.17, 15) is 9.59 Å². The van der Waals surface area contributed by atoms with Gasteiger partial charge in [-0.25, -0.2) is 0 Å². The van der Waals surface area contributed by atoms with E-state index in [4.69, 9.17) is 10.5 Å². The number of amides is 2. The van der Waals surface area contributed by atoms with Gasteiger partial charge in [0.1, 0.15) is 0 Å². The van der Waals surface area contributed by atoms with Gasteiger partial charge in [-0.15, -0.1) is 0 Å². The standard InChI is InChI=1S/C14H18N2O3/c1-3-14(8-19-9-14)13(18)16(10(2)17)12-6-4-5-11(15)7-12/h4-7H,3,8-9,15H2,1-2H3. The number of ether oxygens (including phenoxy) is 1. The number of hydrogen-bond acceptors (Lipinski definition) is 4. The molecule has 0 spiro atoms. The molecular formula is C14H18N2O3. The molecule has 2 rings (SSSR count). The van der Waals surface area contributed by atoms with Crippen molar-refractivity contribution in [3.05, 3.63) is 24.3 Å². The summed E-state index contributed by atoms with van der Waals surface area (Å²) in [4.78, 5) is 25.6. The van der Waals surface area contributed by atoms with E-state index in [2.05, 4.69) is 0 Å². The fourth-order valence-corrected chi connectivity index (χ4v) is 2.17. The molecule has 1 aliphatic rings. The number of nitrogens with zero attached hydrogens (tertiary/aromatic N) is 1. The molecule has 1 aromatic rings. The van der Waals surface area contributed by atoms with Gasteiger partial charge in [-0.3, -0.25) is 14.5 Å². The van der Waals surface area contributed by atoms with E-state index in [0.29, 0.717) is 31.0 Å². The topological polar surface area (TPSA) is 72.6 Å². The number of imide groups is 1. The van der Waals surface area contributed by atoms with Crippen molar-refractivity contribution in [2.75, 3.05) is 23.8 Å². The highest BCUT2D eigenvalue weighted by Crippen LogP contribution is 2.35. The Balaban J connectivity index is 2.36. The van der Waals surface area contributed by atoms with Gasteiger partial charge in [0.2, 0.25) is 11.8 Å². The maximum absolute atomic E-state index is 12.6. The second-order valence-corrected chi connectivity index (χ2v) is 4.88. The van der Waals surface area contributed by atoms with Crippen LogP contribution in [0.4, 0.5) is 11.4 Å². The zero-order chi connectivity index (χ0) is 14.0. The van der Waals surface area contributed by atoms with Gasteiger partial charge in [0.15, 0.2) is 0 Å². The molecule has 0 saturated carbocycles. The highest BCUT2D eigenvalue weighted by atomic mass is 16.5. The van der Waals surface area contributed by atoms with Crippen molar-refractivity contribution in [2.24, 2.45) is 5.41 Å². The molecule has 0 aliphatic carbocycles. The van der Waals surface area contributed by atoms with Crippen molar-refractivity contribution < 1.29 is 14.3 Å². The Morgan fingerprint density at radius 2 is 2.11 bits per heavy atom. The van der Waals surface area contributed by atoms with Gasteiger partial charge < -0.3 is 10.5 Å². The largest absolute Gasteiger partial charge is 0.399 e. The SMILES string of the molecule is CCC1(C(=O)N(C(C)=O)c2cccc(N)c2)COC1. The first-order valence-corrected chi connectivity index (χ1v) is 6.28. The lowest BCUT2D eigenvalue weighted by molar-refractivity contribution is -0.160. The maximum atomic E-state index is 12.6. The number of nitrogen functional groups attached to an aromatic ring is 1. The first kappa shape index (κ1) is 13.5. The van der Waals surface area contributed by atoms with E-state index in [1.807, 2.05) is 6.92 Å². The molecule has 2 N–H and O–H groups in total. The molecule has 0 radical (unpaired) electrons. The van der Waals surface area contributed by atoms with E-state index in [0.717, 1.165) is 0 Å². The Labute approximate surface area is 112 Å². The third kappa shape index (κ3) is 2.33. The Morgan fingerprint density at radius 3 is 2.53 bits per heavy atom. The Hall–Kier alpha value is -1.88. The number of benzene rings is 1. The van der Waals surface area contributed by atoms with Gasteiger partial charge in [0.25, 0.3) is 0 Å². The van der Waals surface area contributed by atoms with Crippen LogP contribution in [-0.2, 0) is 14.3 Å². The van der Waals surface area contributed by atoms with Crippen LogP contribution in [0.2, 0.25) is 0 Å². The number of rotatable bonds is 3.